The average Bonchev–Trinajstić information content (AvgIpc) is 2.27. The van der Waals surface area contributed by atoms with Crippen LogP contribution in [0.4, 0.5) is 0 Å². The first-order valence-electron chi connectivity index (χ1n) is 6.71. The first kappa shape index (κ1) is 13.3. The van der Waals surface area contributed by atoms with Crippen LogP contribution in [-0.2, 0) is 9.84 Å². The van der Waals surface area contributed by atoms with Crippen molar-refractivity contribution in [2.45, 2.75) is 57.2 Å². The second-order valence-corrected chi connectivity index (χ2v) is 7.76. The van der Waals surface area contributed by atoms with Crippen molar-refractivity contribution in [1.29, 1.82) is 0 Å². The monoisotopic (exact) mass is 260 g/mol. The molecule has 2 rings (SSSR count). The molecule has 0 saturated carbocycles. The Morgan fingerprint density at radius 3 is 2.65 bits per heavy atom. The van der Waals surface area contributed by atoms with E-state index in [9.17, 15) is 8.42 Å². The zero-order valence-corrected chi connectivity index (χ0v) is 11.5. The molecule has 2 N–H and O–H groups in total. The van der Waals surface area contributed by atoms with Crippen LogP contribution in [0.1, 0.15) is 39.0 Å². The smallest absolute Gasteiger partial charge is 0.151 e. The minimum atomic E-state index is -2.82. The van der Waals surface area contributed by atoms with Crippen LogP contribution >= 0.6 is 0 Å². The lowest BCUT2D eigenvalue weighted by molar-refractivity contribution is 0.0534. The van der Waals surface area contributed by atoms with E-state index < -0.39 is 9.84 Å². The van der Waals surface area contributed by atoms with Gasteiger partial charge in [0.25, 0.3) is 0 Å². The summed E-state index contributed by atoms with van der Waals surface area (Å²) in [4.78, 5) is 2.40. The maximum atomic E-state index is 11.7. The highest BCUT2D eigenvalue weighted by atomic mass is 32.2. The Balaban J connectivity index is 2.12. The van der Waals surface area contributed by atoms with Gasteiger partial charge in [0.15, 0.2) is 9.84 Å². The molecular formula is C12H24N2O2S. The second-order valence-electron chi connectivity index (χ2n) is 5.53. The molecule has 4 nitrogen and oxygen atoms in total. The fourth-order valence-corrected chi connectivity index (χ4v) is 5.14. The standard InChI is InChI=1S/C12H24N2O2S/c1-10-4-2-5-11(8-13)14(10)12-6-3-7-17(15,16)9-12/h10-12H,2-9,13H2,1H3. The molecule has 17 heavy (non-hydrogen) atoms. The van der Waals surface area contributed by atoms with Crippen molar-refractivity contribution in [2.24, 2.45) is 5.73 Å². The first-order chi connectivity index (χ1) is 8.03. The Morgan fingerprint density at radius 2 is 2.00 bits per heavy atom. The van der Waals surface area contributed by atoms with Crippen LogP contribution in [0.3, 0.4) is 0 Å². The third-order valence-corrected chi connectivity index (χ3v) is 6.03. The van der Waals surface area contributed by atoms with E-state index in [1.807, 2.05) is 0 Å². The molecule has 0 amide bonds. The Bertz CT molecular complexity index is 356. The molecule has 2 fully saturated rings. The van der Waals surface area contributed by atoms with Crippen molar-refractivity contribution in [1.82, 2.24) is 4.90 Å². The summed E-state index contributed by atoms with van der Waals surface area (Å²) in [6.45, 7) is 2.87. The fourth-order valence-electron chi connectivity index (χ4n) is 3.44. The van der Waals surface area contributed by atoms with Crippen molar-refractivity contribution in [3.63, 3.8) is 0 Å². The zero-order valence-electron chi connectivity index (χ0n) is 10.6. The lowest BCUT2D eigenvalue weighted by Crippen LogP contribution is -2.56. The van der Waals surface area contributed by atoms with Crippen molar-refractivity contribution in [3.05, 3.63) is 0 Å². The van der Waals surface area contributed by atoms with Crippen LogP contribution in [0.5, 0.6) is 0 Å². The molecule has 0 bridgehead atoms. The van der Waals surface area contributed by atoms with E-state index in [0.717, 1.165) is 19.3 Å². The molecule has 0 aromatic carbocycles. The molecule has 100 valence electrons. The average molecular weight is 260 g/mol. The highest BCUT2D eigenvalue weighted by Gasteiger charge is 2.36. The molecule has 2 aliphatic rings. The van der Waals surface area contributed by atoms with Crippen LogP contribution < -0.4 is 5.73 Å². The van der Waals surface area contributed by atoms with Gasteiger partial charge in [-0.2, -0.15) is 0 Å². The van der Waals surface area contributed by atoms with Crippen LogP contribution in [0.15, 0.2) is 0 Å². The lowest BCUT2D eigenvalue weighted by Gasteiger charge is -2.46. The van der Waals surface area contributed by atoms with Gasteiger partial charge in [-0.15, -0.1) is 0 Å². The number of hydrogen-bond acceptors (Lipinski definition) is 4. The van der Waals surface area contributed by atoms with Crippen LogP contribution in [0, 0.1) is 0 Å². The Labute approximate surface area is 104 Å². The number of hydrogen-bond donors (Lipinski definition) is 1. The van der Waals surface area contributed by atoms with Crippen LogP contribution in [-0.4, -0.2) is 49.5 Å². The summed E-state index contributed by atoms with van der Waals surface area (Å²) in [5.41, 5.74) is 5.84. The zero-order chi connectivity index (χ0) is 12.5. The highest BCUT2D eigenvalue weighted by molar-refractivity contribution is 7.91. The Kier molecular flexibility index (Phi) is 4.10. The lowest BCUT2D eigenvalue weighted by atomic mass is 9.93. The largest absolute Gasteiger partial charge is 0.329 e. The first-order valence-corrected chi connectivity index (χ1v) is 8.53. The molecule has 2 saturated heterocycles. The molecule has 0 aromatic rings. The number of nitrogens with two attached hydrogens (primary N) is 1. The Morgan fingerprint density at radius 1 is 1.24 bits per heavy atom. The molecule has 2 heterocycles. The maximum absolute atomic E-state index is 11.7. The normalized spacial score (nSPS) is 39.1. The van der Waals surface area contributed by atoms with Gasteiger partial charge in [0.1, 0.15) is 0 Å². The molecule has 0 aliphatic carbocycles. The van der Waals surface area contributed by atoms with Crippen molar-refractivity contribution in [2.75, 3.05) is 18.1 Å². The van der Waals surface area contributed by atoms with Crippen LogP contribution in [0.25, 0.3) is 0 Å². The predicted molar refractivity (Wildman–Crippen MR) is 69.7 cm³/mol. The summed E-state index contributed by atoms with van der Waals surface area (Å²) in [6.07, 6.45) is 5.34. The van der Waals surface area contributed by atoms with Gasteiger partial charge >= 0.3 is 0 Å². The van der Waals surface area contributed by atoms with E-state index in [1.165, 1.54) is 12.8 Å². The fraction of sp³-hybridized carbons (Fsp3) is 1.00. The van der Waals surface area contributed by atoms with Gasteiger partial charge in [-0.1, -0.05) is 6.42 Å². The van der Waals surface area contributed by atoms with Gasteiger partial charge in [0.2, 0.25) is 0 Å². The number of rotatable bonds is 2. The summed E-state index contributed by atoms with van der Waals surface area (Å²) < 4.78 is 23.5. The summed E-state index contributed by atoms with van der Waals surface area (Å²) in [6, 6.07) is 1.07. The quantitative estimate of drug-likeness (QED) is 0.796. The summed E-state index contributed by atoms with van der Waals surface area (Å²) in [5, 5.41) is 0. The van der Waals surface area contributed by atoms with Gasteiger partial charge in [-0.25, -0.2) is 8.42 Å². The predicted octanol–water partition coefficient (Wildman–Crippen LogP) is 0.765. The van der Waals surface area contributed by atoms with Crippen molar-refractivity contribution < 1.29 is 8.42 Å². The third kappa shape index (κ3) is 3.01. The molecule has 0 spiro atoms. The van der Waals surface area contributed by atoms with Gasteiger partial charge in [0.05, 0.1) is 11.5 Å². The molecule has 3 atom stereocenters. The van der Waals surface area contributed by atoms with Gasteiger partial charge in [-0.3, -0.25) is 4.90 Å². The van der Waals surface area contributed by atoms with E-state index >= 15 is 0 Å². The SMILES string of the molecule is CC1CCCC(CN)N1C1CCCS(=O)(=O)C1. The minimum Gasteiger partial charge on any atom is -0.329 e. The van der Waals surface area contributed by atoms with Gasteiger partial charge in [0, 0.05) is 24.7 Å². The number of sulfone groups is 1. The van der Waals surface area contributed by atoms with E-state index in [0.29, 0.717) is 30.1 Å². The number of nitrogens with zero attached hydrogens (tertiary/aromatic N) is 1. The molecular weight excluding hydrogens is 236 g/mol. The van der Waals surface area contributed by atoms with Crippen LogP contribution in [0.2, 0.25) is 0 Å². The maximum Gasteiger partial charge on any atom is 0.151 e. The molecule has 5 heteroatoms. The summed E-state index contributed by atoms with van der Waals surface area (Å²) in [5.74, 6) is 0.715. The van der Waals surface area contributed by atoms with Crippen molar-refractivity contribution >= 4 is 9.84 Å². The van der Waals surface area contributed by atoms with Gasteiger partial charge < -0.3 is 5.73 Å². The number of piperidine rings is 1. The Hall–Kier alpha value is -0.130. The summed E-state index contributed by atoms with van der Waals surface area (Å²) >= 11 is 0. The van der Waals surface area contributed by atoms with E-state index in [-0.39, 0.29) is 6.04 Å². The molecule has 2 aliphatic heterocycles. The second kappa shape index (κ2) is 5.24. The van der Waals surface area contributed by atoms with E-state index in [4.69, 9.17) is 5.73 Å². The minimum absolute atomic E-state index is 0.206. The molecule has 3 unspecified atom stereocenters. The third-order valence-electron chi connectivity index (χ3n) is 4.22. The van der Waals surface area contributed by atoms with Crippen molar-refractivity contribution in [3.8, 4) is 0 Å². The number of likely N-dealkylation sites (tertiary alicyclic amines) is 1. The van der Waals surface area contributed by atoms with E-state index in [1.54, 1.807) is 0 Å². The van der Waals surface area contributed by atoms with Gasteiger partial charge in [-0.05, 0) is 32.6 Å². The summed E-state index contributed by atoms with van der Waals surface area (Å²) in [7, 11) is -2.82. The molecule has 0 radical (unpaired) electrons. The topological polar surface area (TPSA) is 63.4 Å². The van der Waals surface area contributed by atoms with E-state index in [2.05, 4.69) is 11.8 Å². The highest BCUT2D eigenvalue weighted by Crippen LogP contribution is 2.29. The molecule has 0 aromatic heterocycles.